The van der Waals surface area contributed by atoms with Crippen molar-refractivity contribution in [2.75, 3.05) is 24.6 Å². The fraction of sp³-hybridized carbons (Fsp3) is 0.400. The Kier molecular flexibility index (Phi) is 5.01. The lowest BCUT2D eigenvalue weighted by molar-refractivity contribution is -0.121. The molecule has 19 heavy (non-hydrogen) atoms. The first kappa shape index (κ1) is 15.6. The summed E-state index contributed by atoms with van der Waals surface area (Å²) in [7, 11) is -4.02. The third-order valence-corrected chi connectivity index (χ3v) is 3.26. The highest BCUT2D eigenvalue weighted by molar-refractivity contribution is 7.89. The smallest absolute Gasteiger partial charge is 0.402 e. The van der Waals surface area contributed by atoms with Gasteiger partial charge in [0.2, 0.25) is 10.0 Å². The second kappa shape index (κ2) is 6.11. The zero-order valence-corrected chi connectivity index (χ0v) is 10.6. The SMILES string of the molecule is Nc1cccc(OCCS(=O)(=O)NCC(F)(F)F)c1. The van der Waals surface area contributed by atoms with Crippen LogP contribution in [0.15, 0.2) is 24.3 Å². The number of halogens is 3. The Labute approximate surface area is 108 Å². The lowest BCUT2D eigenvalue weighted by Crippen LogP contribution is -2.36. The first-order valence-electron chi connectivity index (χ1n) is 5.20. The molecule has 0 unspecified atom stereocenters. The van der Waals surface area contributed by atoms with Gasteiger partial charge in [-0.25, -0.2) is 13.1 Å². The molecule has 1 rings (SSSR count). The molecule has 0 aliphatic rings. The summed E-state index contributed by atoms with van der Waals surface area (Å²) in [6.07, 6.45) is -4.58. The number of rotatable bonds is 6. The molecule has 0 spiro atoms. The molecule has 0 heterocycles. The molecule has 0 aliphatic carbocycles. The molecule has 9 heteroatoms. The monoisotopic (exact) mass is 298 g/mol. The zero-order valence-electron chi connectivity index (χ0n) is 9.77. The third kappa shape index (κ3) is 6.87. The van der Waals surface area contributed by atoms with Crippen LogP contribution in [0.3, 0.4) is 0 Å². The van der Waals surface area contributed by atoms with Crippen molar-refractivity contribution >= 4 is 15.7 Å². The predicted octanol–water partition coefficient (Wildman–Crippen LogP) is 1.13. The van der Waals surface area contributed by atoms with Gasteiger partial charge in [-0.1, -0.05) is 6.07 Å². The van der Waals surface area contributed by atoms with Crippen LogP contribution < -0.4 is 15.2 Å². The van der Waals surface area contributed by atoms with Gasteiger partial charge in [-0.2, -0.15) is 13.2 Å². The maximum absolute atomic E-state index is 11.8. The first-order valence-corrected chi connectivity index (χ1v) is 6.86. The van der Waals surface area contributed by atoms with Gasteiger partial charge < -0.3 is 10.5 Å². The van der Waals surface area contributed by atoms with Gasteiger partial charge >= 0.3 is 6.18 Å². The maximum atomic E-state index is 11.8. The van der Waals surface area contributed by atoms with Crippen molar-refractivity contribution in [1.29, 1.82) is 0 Å². The summed E-state index contributed by atoms with van der Waals surface area (Å²) in [5.41, 5.74) is 5.92. The van der Waals surface area contributed by atoms with Gasteiger partial charge in [0.15, 0.2) is 0 Å². The quantitative estimate of drug-likeness (QED) is 0.771. The van der Waals surface area contributed by atoms with E-state index in [4.69, 9.17) is 10.5 Å². The van der Waals surface area contributed by atoms with E-state index in [-0.39, 0.29) is 6.61 Å². The summed E-state index contributed by atoms with van der Waals surface area (Å²) in [6.45, 7) is -1.86. The number of sulfonamides is 1. The standard InChI is InChI=1S/C10H13F3N2O3S/c11-10(12,13)7-15-19(16,17)5-4-18-9-3-1-2-8(14)6-9/h1-3,6,15H,4-5,7,14H2. The molecule has 0 bridgehead atoms. The minimum atomic E-state index is -4.58. The van der Waals surface area contributed by atoms with Gasteiger partial charge in [-0.3, -0.25) is 0 Å². The molecule has 0 radical (unpaired) electrons. The van der Waals surface area contributed by atoms with Crippen LogP contribution in [0.4, 0.5) is 18.9 Å². The molecule has 1 aromatic carbocycles. The number of benzene rings is 1. The van der Waals surface area contributed by atoms with Crippen molar-refractivity contribution in [3.05, 3.63) is 24.3 Å². The Bertz CT molecular complexity index is 517. The van der Waals surface area contributed by atoms with Gasteiger partial charge in [0, 0.05) is 11.8 Å². The van der Waals surface area contributed by atoms with Gasteiger partial charge in [0.1, 0.15) is 18.9 Å². The van der Waals surface area contributed by atoms with Crippen molar-refractivity contribution in [3.63, 3.8) is 0 Å². The van der Waals surface area contributed by atoms with E-state index in [1.54, 1.807) is 18.2 Å². The van der Waals surface area contributed by atoms with E-state index in [2.05, 4.69) is 0 Å². The van der Waals surface area contributed by atoms with Gasteiger partial charge in [-0.05, 0) is 12.1 Å². The lowest BCUT2D eigenvalue weighted by Gasteiger charge is -2.10. The Hall–Kier alpha value is -1.48. The van der Waals surface area contributed by atoms with E-state index in [9.17, 15) is 21.6 Å². The average Bonchev–Trinajstić information content (AvgIpc) is 2.26. The molecule has 0 saturated heterocycles. The largest absolute Gasteiger partial charge is 0.492 e. The summed E-state index contributed by atoms with van der Waals surface area (Å²) >= 11 is 0. The Morgan fingerprint density at radius 3 is 2.58 bits per heavy atom. The molecule has 0 aromatic heterocycles. The number of nitrogens with two attached hydrogens (primary N) is 1. The number of alkyl halides is 3. The van der Waals surface area contributed by atoms with Crippen LogP contribution in [-0.2, 0) is 10.0 Å². The molecular weight excluding hydrogens is 285 g/mol. The highest BCUT2D eigenvalue weighted by atomic mass is 32.2. The van der Waals surface area contributed by atoms with Crippen LogP contribution in [0.2, 0.25) is 0 Å². The molecule has 0 amide bonds. The van der Waals surface area contributed by atoms with Crippen LogP contribution in [-0.4, -0.2) is 33.5 Å². The normalized spacial score (nSPS) is 12.4. The fourth-order valence-corrected chi connectivity index (χ4v) is 1.97. The molecule has 0 fully saturated rings. The summed E-state index contributed by atoms with van der Waals surface area (Å²) in [6, 6.07) is 6.28. The molecule has 3 N–H and O–H groups in total. The van der Waals surface area contributed by atoms with Crippen LogP contribution in [0.5, 0.6) is 5.75 Å². The number of ether oxygens (including phenoxy) is 1. The Morgan fingerprint density at radius 2 is 2.00 bits per heavy atom. The summed E-state index contributed by atoms with van der Waals surface area (Å²) in [5.74, 6) is -0.219. The number of anilines is 1. The maximum Gasteiger partial charge on any atom is 0.402 e. The molecule has 0 atom stereocenters. The highest BCUT2D eigenvalue weighted by Gasteiger charge is 2.29. The van der Waals surface area contributed by atoms with Crippen molar-refractivity contribution in [2.45, 2.75) is 6.18 Å². The average molecular weight is 298 g/mol. The summed E-state index contributed by atoms with van der Waals surface area (Å²) in [5, 5.41) is 0. The fourth-order valence-electron chi connectivity index (χ4n) is 1.14. The Balaban J connectivity index is 2.40. The van der Waals surface area contributed by atoms with Crippen LogP contribution in [0.1, 0.15) is 0 Å². The van der Waals surface area contributed by atoms with E-state index in [0.717, 1.165) is 0 Å². The third-order valence-electron chi connectivity index (χ3n) is 1.97. The van der Waals surface area contributed by atoms with E-state index in [1.165, 1.54) is 10.8 Å². The lowest BCUT2D eigenvalue weighted by atomic mass is 10.3. The predicted molar refractivity (Wildman–Crippen MR) is 64.2 cm³/mol. The molecular formula is C10H13F3N2O3S. The van der Waals surface area contributed by atoms with Crippen LogP contribution in [0.25, 0.3) is 0 Å². The van der Waals surface area contributed by atoms with Crippen molar-refractivity contribution in [1.82, 2.24) is 4.72 Å². The zero-order chi connectivity index (χ0) is 14.5. The molecule has 0 aliphatic heterocycles. The number of nitrogen functional groups attached to an aromatic ring is 1. The first-order chi connectivity index (χ1) is 8.68. The topological polar surface area (TPSA) is 81.4 Å². The summed E-state index contributed by atoms with van der Waals surface area (Å²) < 4.78 is 64.5. The second-order valence-electron chi connectivity index (χ2n) is 3.68. The van der Waals surface area contributed by atoms with Crippen LogP contribution >= 0.6 is 0 Å². The van der Waals surface area contributed by atoms with Gasteiger partial charge in [0.25, 0.3) is 0 Å². The number of hydrogen-bond donors (Lipinski definition) is 2. The molecule has 0 saturated carbocycles. The molecule has 5 nitrogen and oxygen atoms in total. The second-order valence-corrected chi connectivity index (χ2v) is 5.60. The minimum Gasteiger partial charge on any atom is -0.492 e. The van der Waals surface area contributed by atoms with Crippen molar-refractivity contribution in [2.24, 2.45) is 0 Å². The van der Waals surface area contributed by atoms with E-state index in [0.29, 0.717) is 11.4 Å². The van der Waals surface area contributed by atoms with E-state index < -0.39 is 28.5 Å². The number of hydrogen-bond acceptors (Lipinski definition) is 4. The molecule has 108 valence electrons. The van der Waals surface area contributed by atoms with E-state index in [1.807, 2.05) is 0 Å². The highest BCUT2D eigenvalue weighted by Crippen LogP contribution is 2.15. The van der Waals surface area contributed by atoms with Crippen molar-refractivity contribution in [3.8, 4) is 5.75 Å². The summed E-state index contributed by atoms with van der Waals surface area (Å²) in [4.78, 5) is 0. The number of nitrogens with one attached hydrogen (secondary N) is 1. The molecule has 1 aromatic rings. The minimum absolute atomic E-state index is 0.267. The van der Waals surface area contributed by atoms with Crippen LogP contribution in [0, 0.1) is 0 Å². The van der Waals surface area contributed by atoms with Gasteiger partial charge in [-0.15, -0.1) is 0 Å². The Morgan fingerprint density at radius 1 is 1.32 bits per heavy atom. The van der Waals surface area contributed by atoms with Gasteiger partial charge in [0.05, 0.1) is 5.75 Å². The van der Waals surface area contributed by atoms with Crippen molar-refractivity contribution < 1.29 is 26.3 Å². The van der Waals surface area contributed by atoms with E-state index >= 15 is 0 Å².